The normalized spacial score (nSPS) is 29.5. The van der Waals surface area contributed by atoms with Crippen molar-refractivity contribution in [3.05, 3.63) is 0 Å². The van der Waals surface area contributed by atoms with Crippen LogP contribution in [0, 0.1) is 0 Å². The van der Waals surface area contributed by atoms with E-state index in [1.165, 1.54) is 12.8 Å². The van der Waals surface area contributed by atoms with Crippen LogP contribution < -0.4 is 10.6 Å². The van der Waals surface area contributed by atoms with Gasteiger partial charge in [0.1, 0.15) is 0 Å². The van der Waals surface area contributed by atoms with Gasteiger partial charge in [0.05, 0.1) is 24.8 Å². The summed E-state index contributed by atoms with van der Waals surface area (Å²) < 4.78 is 5.88. The van der Waals surface area contributed by atoms with E-state index in [1.54, 1.807) is 0 Å². The van der Waals surface area contributed by atoms with Crippen LogP contribution in [0.15, 0.2) is 4.99 Å². The summed E-state index contributed by atoms with van der Waals surface area (Å²) in [7, 11) is 2.14. The Morgan fingerprint density at radius 2 is 2.20 bits per heavy atom. The number of fused-ring (bicyclic) bond motifs is 2. The van der Waals surface area contributed by atoms with Crippen molar-refractivity contribution in [2.75, 3.05) is 26.7 Å². The molecule has 3 unspecified atom stereocenters. The van der Waals surface area contributed by atoms with E-state index in [1.807, 2.05) is 0 Å². The van der Waals surface area contributed by atoms with Crippen LogP contribution in [0.2, 0.25) is 0 Å². The van der Waals surface area contributed by atoms with Gasteiger partial charge in [-0.15, -0.1) is 0 Å². The molecule has 3 atom stereocenters. The van der Waals surface area contributed by atoms with Crippen molar-refractivity contribution in [2.45, 2.75) is 64.3 Å². The molecule has 5 heteroatoms. The summed E-state index contributed by atoms with van der Waals surface area (Å²) in [5.41, 5.74) is 0. The topological polar surface area (TPSA) is 48.9 Å². The van der Waals surface area contributed by atoms with E-state index in [2.05, 4.69) is 48.3 Å². The molecule has 0 aromatic heterocycles. The molecule has 2 rings (SSSR count). The summed E-state index contributed by atoms with van der Waals surface area (Å²) in [6.07, 6.45) is 4.42. The molecule has 5 nitrogen and oxygen atoms in total. The minimum atomic E-state index is 0.391. The van der Waals surface area contributed by atoms with Gasteiger partial charge in [-0.05, 0) is 47.1 Å². The Bertz CT molecular complexity index is 332. The van der Waals surface area contributed by atoms with Gasteiger partial charge in [-0.3, -0.25) is 4.99 Å². The maximum Gasteiger partial charge on any atom is 0.191 e. The van der Waals surface area contributed by atoms with Crippen LogP contribution in [0.4, 0.5) is 0 Å². The average Bonchev–Trinajstić information content (AvgIpc) is 3.00. The van der Waals surface area contributed by atoms with Crippen LogP contribution in [0.25, 0.3) is 0 Å². The lowest BCUT2D eigenvalue weighted by Crippen LogP contribution is -2.47. The number of nitrogens with zero attached hydrogens (tertiary/aromatic N) is 2. The largest absolute Gasteiger partial charge is 0.373 e. The summed E-state index contributed by atoms with van der Waals surface area (Å²) >= 11 is 0. The molecule has 0 spiro atoms. The highest BCUT2D eigenvalue weighted by molar-refractivity contribution is 5.80. The second-order valence-corrected chi connectivity index (χ2v) is 6.20. The molecule has 0 aromatic carbocycles. The van der Waals surface area contributed by atoms with Crippen molar-refractivity contribution in [2.24, 2.45) is 4.99 Å². The number of aliphatic imine (C=N–C) groups is 1. The first-order valence-corrected chi connectivity index (χ1v) is 8.00. The van der Waals surface area contributed by atoms with Crippen molar-refractivity contribution in [3.8, 4) is 0 Å². The Labute approximate surface area is 123 Å². The Balaban J connectivity index is 1.80. The molecule has 0 saturated carbocycles. The number of hydrogen-bond acceptors (Lipinski definition) is 3. The van der Waals surface area contributed by atoms with Crippen LogP contribution in [-0.4, -0.2) is 61.8 Å². The molecule has 2 aliphatic rings. The molecule has 2 heterocycles. The highest BCUT2D eigenvalue weighted by atomic mass is 16.5. The number of likely N-dealkylation sites (N-methyl/N-ethyl adjacent to an activating group) is 1. The van der Waals surface area contributed by atoms with E-state index >= 15 is 0 Å². The standard InChI is InChI=1S/C15H30N4O/c1-5-16-15(17-8-9-19(4)11(2)3)18-13-10-12-6-7-14(13)20-12/h11-14H,5-10H2,1-4H3,(H2,16,17,18). The molecule has 116 valence electrons. The predicted molar refractivity (Wildman–Crippen MR) is 83.2 cm³/mol. The molecule has 2 saturated heterocycles. The Hall–Kier alpha value is -0.810. The fourth-order valence-corrected chi connectivity index (χ4v) is 2.86. The summed E-state index contributed by atoms with van der Waals surface area (Å²) in [5, 5.41) is 6.88. The van der Waals surface area contributed by atoms with Gasteiger partial charge in [-0.2, -0.15) is 0 Å². The maximum atomic E-state index is 5.88. The Kier molecular flexibility index (Phi) is 5.66. The summed E-state index contributed by atoms with van der Waals surface area (Å²) in [6, 6.07) is 1.01. The SMILES string of the molecule is CCNC(=NCCN(C)C(C)C)NC1CC2CCC1O2. The van der Waals surface area contributed by atoms with Gasteiger partial charge >= 0.3 is 0 Å². The van der Waals surface area contributed by atoms with E-state index < -0.39 is 0 Å². The molecule has 0 amide bonds. The van der Waals surface area contributed by atoms with Crippen molar-refractivity contribution < 1.29 is 4.74 Å². The minimum Gasteiger partial charge on any atom is -0.373 e. The molecule has 0 aliphatic carbocycles. The smallest absolute Gasteiger partial charge is 0.191 e. The second kappa shape index (κ2) is 7.27. The molecule has 2 aliphatic heterocycles. The van der Waals surface area contributed by atoms with Crippen LogP contribution in [-0.2, 0) is 4.74 Å². The Morgan fingerprint density at radius 3 is 2.75 bits per heavy atom. The third kappa shape index (κ3) is 4.09. The van der Waals surface area contributed by atoms with E-state index in [4.69, 9.17) is 4.74 Å². The van der Waals surface area contributed by atoms with Crippen molar-refractivity contribution in [1.82, 2.24) is 15.5 Å². The number of rotatable bonds is 6. The van der Waals surface area contributed by atoms with Gasteiger partial charge in [0.2, 0.25) is 0 Å². The quantitative estimate of drug-likeness (QED) is 0.568. The van der Waals surface area contributed by atoms with E-state index in [0.717, 1.165) is 32.0 Å². The Morgan fingerprint density at radius 1 is 1.40 bits per heavy atom. The van der Waals surface area contributed by atoms with Gasteiger partial charge in [0.25, 0.3) is 0 Å². The summed E-state index contributed by atoms with van der Waals surface area (Å²) in [5.74, 6) is 0.936. The van der Waals surface area contributed by atoms with Gasteiger partial charge in [0.15, 0.2) is 5.96 Å². The lowest BCUT2D eigenvalue weighted by Gasteiger charge is -2.23. The molecule has 0 radical (unpaired) electrons. The van der Waals surface area contributed by atoms with Crippen LogP contribution >= 0.6 is 0 Å². The monoisotopic (exact) mass is 282 g/mol. The van der Waals surface area contributed by atoms with E-state index in [0.29, 0.717) is 24.3 Å². The zero-order valence-electron chi connectivity index (χ0n) is 13.4. The first-order valence-electron chi connectivity index (χ1n) is 8.00. The zero-order chi connectivity index (χ0) is 14.5. The van der Waals surface area contributed by atoms with Gasteiger partial charge in [0, 0.05) is 19.1 Å². The molecule has 2 N–H and O–H groups in total. The summed E-state index contributed by atoms with van der Waals surface area (Å²) in [6.45, 7) is 9.23. The van der Waals surface area contributed by atoms with Crippen molar-refractivity contribution in [1.29, 1.82) is 0 Å². The maximum absolute atomic E-state index is 5.88. The lowest BCUT2D eigenvalue weighted by atomic mass is 9.96. The third-order valence-corrected chi connectivity index (χ3v) is 4.38. The highest BCUT2D eigenvalue weighted by Gasteiger charge is 2.41. The fraction of sp³-hybridized carbons (Fsp3) is 0.933. The van der Waals surface area contributed by atoms with Gasteiger partial charge < -0.3 is 20.3 Å². The first-order chi connectivity index (χ1) is 9.60. The number of nitrogens with one attached hydrogen (secondary N) is 2. The predicted octanol–water partition coefficient (Wildman–Crippen LogP) is 1.20. The number of ether oxygens (including phenoxy) is 1. The van der Waals surface area contributed by atoms with Crippen LogP contribution in [0.5, 0.6) is 0 Å². The molecular formula is C15H30N4O. The zero-order valence-corrected chi connectivity index (χ0v) is 13.4. The highest BCUT2D eigenvalue weighted by Crippen LogP contribution is 2.34. The molecule has 0 aromatic rings. The summed E-state index contributed by atoms with van der Waals surface area (Å²) in [4.78, 5) is 6.99. The van der Waals surface area contributed by atoms with Crippen LogP contribution in [0.3, 0.4) is 0 Å². The number of guanidine groups is 1. The molecule has 2 bridgehead atoms. The second-order valence-electron chi connectivity index (χ2n) is 6.20. The molecule has 2 fully saturated rings. The van der Waals surface area contributed by atoms with Crippen molar-refractivity contribution in [3.63, 3.8) is 0 Å². The van der Waals surface area contributed by atoms with Crippen LogP contribution in [0.1, 0.15) is 40.0 Å². The molecular weight excluding hydrogens is 252 g/mol. The lowest BCUT2D eigenvalue weighted by molar-refractivity contribution is 0.0992. The minimum absolute atomic E-state index is 0.391. The average molecular weight is 282 g/mol. The van der Waals surface area contributed by atoms with Gasteiger partial charge in [-0.1, -0.05) is 0 Å². The number of hydrogen-bond donors (Lipinski definition) is 2. The third-order valence-electron chi connectivity index (χ3n) is 4.38. The van der Waals surface area contributed by atoms with E-state index in [-0.39, 0.29) is 0 Å². The molecule has 20 heavy (non-hydrogen) atoms. The fourth-order valence-electron chi connectivity index (χ4n) is 2.86. The van der Waals surface area contributed by atoms with Crippen molar-refractivity contribution >= 4 is 5.96 Å². The van der Waals surface area contributed by atoms with Gasteiger partial charge in [-0.25, -0.2) is 0 Å². The first kappa shape index (κ1) is 15.6. The van der Waals surface area contributed by atoms with E-state index in [9.17, 15) is 0 Å².